The van der Waals surface area contributed by atoms with E-state index < -0.39 is 0 Å². The van der Waals surface area contributed by atoms with Crippen molar-refractivity contribution >= 4 is 38.9 Å². The Hall–Kier alpha value is 0.430. The summed E-state index contributed by atoms with van der Waals surface area (Å²) in [6.07, 6.45) is 4.31. The lowest BCUT2D eigenvalue weighted by Crippen LogP contribution is -2.26. The monoisotopic (exact) mass is 333 g/mol. The molecule has 2 aliphatic carbocycles. The Bertz CT molecular complexity index is 390. The zero-order valence-corrected chi connectivity index (χ0v) is 13.0. The molecule has 0 bridgehead atoms. The van der Waals surface area contributed by atoms with Gasteiger partial charge in [-0.1, -0.05) is 18.5 Å². The van der Waals surface area contributed by atoms with Gasteiger partial charge >= 0.3 is 0 Å². The van der Waals surface area contributed by atoms with Crippen LogP contribution in [0.15, 0.2) is 9.85 Å². The standard InChI is InChI=1S/C13H17BrClNS/c1-2-16-12(9-4-7-3-8(7)5-9)11-6-10(15)13(14)17-11/h6-9,12,16H,2-5H2,1H3. The van der Waals surface area contributed by atoms with E-state index in [1.807, 2.05) is 0 Å². The molecule has 0 spiro atoms. The number of hydrogen-bond donors (Lipinski definition) is 1. The molecule has 2 aliphatic rings. The molecule has 3 unspecified atom stereocenters. The average molecular weight is 335 g/mol. The molecule has 17 heavy (non-hydrogen) atoms. The van der Waals surface area contributed by atoms with Gasteiger partial charge in [0.2, 0.25) is 0 Å². The van der Waals surface area contributed by atoms with Gasteiger partial charge in [0.05, 0.1) is 8.81 Å². The van der Waals surface area contributed by atoms with Crippen molar-refractivity contribution < 1.29 is 0 Å². The zero-order valence-electron chi connectivity index (χ0n) is 9.88. The highest BCUT2D eigenvalue weighted by Gasteiger charge is 2.48. The molecular weight excluding hydrogens is 318 g/mol. The predicted octanol–water partition coefficient (Wildman–Crippen LogP) is 4.86. The highest BCUT2D eigenvalue weighted by Crippen LogP contribution is 2.57. The molecule has 3 rings (SSSR count). The van der Waals surface area contributed by atoms with Crippen molar-refractivity contribution in [3.63, 3.8) is 0 Å². The van der Waals surface area contributed by atoms with Gasteiger partial charge in [-0.25, -0.2) is 0 Å². The maximum Gasteiger partial charge on any atom is 0.0887 e. The quantitative estimate of drug-likeness (QED) is 0.829. The van der Waals surface area contributed by atoms with Crippen molar-refractivity contribution in [2.24, 2.45) is 17.8 Å². The van der Waals surface area contributed by atoms with Crippen molar-refractivity contribution in [2.45, 2.75) is 32.2 Å². The van der Waals surface area contributed by atoms with E-state index in [9.17, 15) is 0 Å². The first-order valence-corrected chi connectivity index (χ1v) is 8.36. The number of halogens is 2. The van der Waals surface area contributed by atoms with Crippen LogP contribution in [0.3, 0.4) is 0 Å². The summed E-state index contributed by atoms with van der Waals surface area (Å²) >= 11 is 11.5. The second-order valence-electron chi connectivity index (χ2n) is 5.29. The van der Waals surface area contributed by atoms with E-state index in [0.29, 0.717) is 6.04 Å². The molecule has 1 N–H and O–H groups in total. The summed E-state index contributed by atoms with van der Waals surface area (Å²) in [6, 6.07) is 2.65. The van der Waals surface area contributed by atoms with Crippen LogP contribution in [0.4, 0.5) is 0 Å². The van der Waals surface area contributed by atoms with Crippen LogP contribution in [0, 0.1) is 17.8 Å². The van der Waals surface area contributed by atoms with Crippen LogP contribution in [0.1, 0.15) is 37.1 Å². The van der Waals surface area contributed by atoms with Gasteiger partial charge in [-0.2, -0.15) is 0 Å². The maximum atomic E-state index is 6.15. The van der Waals surface area contributed by atoms with Crippen molar-refractivity contribution in [3.8, 4) is 0 Å². The predicted molar refractivity (Wildman–Crippen MR) is 77.8 cm³/mol. The molecule has 94 valence electrons. The highest BCUT2D eigenvalue weighted by molar-refractivity contribution is 9.11. The number of fused-ring (bicyclic) bond motifs is 1. The van der Waals surface area contributed by atoms with Crippen LogP contribution in [0.25, 0.3) is 0 Å². The molecule has 2 saturated carbocycles. The first-order valence-electron chi connectivity index (χ1n) is 6.37. The van der Waals surface area contributed by atoms with Crippen molar-refractivity contribution in [3.05, 3.63) is 19.8 Å². The van der Waals surface area contributed by atoms with Gasteiger partial charge in [0.1, 0.15) is 0 Å². The van der Waals surface area contributed by atoms with Crippen LogP contribution in [0.5, 0.6) is 0 Å². The fraction of sp³-hybridized carbons (Fsp3) is 0.692. The molecule has 2 fully saturated rings. The lowest BCUT2D eigenvalue weighted by Gasteiger charge is -2.24. The van der Waals surface area contributed by atoms with Gasteiger partial charge in [0, 0.05) is 10.9 Å². The maximum absolute atomic E-state index is 6.15. The highest BCUT2D eigenvalue weighted by atomic mass is 79.9. The molecule has 3 atom stereocenters. The third-order valence-corrected chi connectivity index (χ3v) is 6.70. The topological polar surface area (TPSA) is 12.0 Å². The minimum absolute atomic E-state index is 0.515. The molecule has 1 aromatic heterocycles. The van der Waals surface area contributed by atoms with Gasteiger partial charge < -0.3 is 5.32 Å². The molecule has 0 aromatic carbocycles. The Morgan fingerprint density at radius 1 is 1.47 bits per heavy atom. The summed E-state index contributed by atoms with van der Waals surface area (Å²) in [5, 5.41) is 4.51. The molecule has 1 nitrogen and oxygen atoms in total. The summed E-state index contributed by atoms with van der Waals surface area (Å²) in [5.74, 6) is 2.90. The van der Waals surface area contributed by atoms with Gasteiger partial charge in [0.25, 0.3) is 0 Å². The van der Waals surface area contributed by atoms with Crippen molar-refractivity contribution in [1.82, 2.24) is 5.32 Å². The number of hydrogen-bond acceptors (Lipinski definition) is 2. The summed E-state index contributed by atoms with van der Waals surface area (Å²) in [7, 11) is 0. The smallest absolute Gasteiger partial charge is 0.0887 e. The van der Waals surface area contributed by atoms with E-state index in [0.717, 1.165) is 33.1 Å². The van der Waals surface area contributed by atoms with Crippen molar-refractivity contribution in [2.75, 3.05) is 6.54 Å². The van der Waals surface area contributed by atoms with Crippen LogP contribution < -0.4 is 5.32 Å². The lowest BCUT2D eigenvalue weighted by atomic mass is 9.93. The second kappa shape index (κ2) is 4.84. The van der Waals surface area contributed by atoms with Gasteiger partial charge in [-0.05, 0) is 65.6 Å². The fourth-order valence-electron chi connectivity index (χ4n) is 3.27. The van der Waals surface area contributed by atoms with E-state index in [2.05, 4.69) is 34.2 Å². The summed E-state index contributed by atoms with van der Waals surface area (Å²) < 4.78 is 1.07. The third kappa shape index (κ3) is 2.44. The number of thiophene rings is 1. The minimum atomic E-state index is 0.515. The Kier molecular flexibility index (Phi) is 3.55. The second-order valence-corrected chi connectivity index (χ2v) is 8.10. The Balaban J connectivity index is 1.79. The number of nitrogens with one attached hydrogen (secondary N) is 1. The fourth-order valence-corrected chi connectivity index (χ4v) is 5.19. The van der Waals surface area contributed by atoms with E-state index in [-0.39, 0.29) is 0 Å². The van der Waals surface area contributed by atoms with Gasteiger partial charge in [-0.15, -0.1) is 11.3 Å². The SMILES string of the molecule is CCNC(c1cc(Cl)c(Br)s1)C1CC2CC2C1. The van der Waals surface area contributed by atoms with Gasteiger partial charge in [-0.3, -0.25) is 0 Å². The van der Waals surface area contributed by atoms with Crippen LogP contribution in [0.2, 0.25) is 5.02 Å². The van der Waals surface area contributed by atoms with Crippen molar-refractivity contribution in [1.29, 1.82) is 0 Å². The molecule has 0 saturated heterocycles. The Morgan fingerprint density at radius 3 is 2.71 bits per heavy atom. The Labute approximate surface area is 120 Å². The molecule has 0 amide bonds. The summed E-state index contributed by atoms with van der Waals surface area (Å²) in [6.45, 7) is 3.22. The molecule has 0 aliphatic heterocycles. The molecule has 4 heteroatoms. The van der Waals surface area contributed by atoms with Crippen LogP contribution in [-0.2, 0) is 0 Å². The molecule has 1 aromatic rings. The Morgan fingerprint density at radius 2 is 2.18 bits per heavy atom. The first kappa shape index (κ1) is 12.5. The van der Waals surface area contributed by atoms with E-state index in [1.54, 1.807) is 11.3 Å². The first-order chi connectivity index (χ1) is 8.19. The molecular formula is C13H17BrClNS. The molecule has 0 radical (unpaired) electrons. The normalized spacial score (nSPS) is 32.5. The van der Waals surface area contributed by atoms with Crippen LogP contribution in [-0.4, -0.2) is 6.54 Å². The summed E-state index contributed by atoms with van der Waals surface area (Å²) in [5.41, 5.74) is 0. The zero-order chi connectivity index (χ0) is 12.0. The van der Waals surface area contributed by atoms with E-state index in [1.165, 1.54) is 24.1 Å². The summed E-state index contributed by atoms with van der Waals surface area (Å²) in [4.78, 5) is 1.40. The lowest BCUT2D eigenvalue weighted by molar-refractivity contribution is 0.351. The van der Waals surface area contributed by atoms with E-state index in [4.69, 9.17) is 11.6 Å². The largest absolute Gasteiger partial charge is 0.309 e. The third-order valence-electron chi connectivity index (χ3n) is 4.15. The average Bonchev–Trinajstić information content (AvgIpc) is 2.76. The molecule has 1 heterocycles. The minimum Gasteiger partial charge on any atom is -0.309 e. The van der Waals surface area contributed by atoms with E-state index >= 15 is 0 Å². The van der Waals surface area contributed by atoms with Crippen LogP contribution >= 0.6 is 38.9 Å². The number of rotatable bonds is 4. The van der Waals surface area contributed by atoms with Gasteiger partial charge in [0.15, 0.2) is 0 Å².